The predicted octanol–water partition coefficient (Wildman–Crippen LogP) is 5.79. The maximum atomic E-state index is 14.4. The van der Waals surface area contributed by atoms with Crippen LogP contribution in [0.1, 0.15) is 69.1 Å². The number of alkyl halides is 3. The molecule has 1 N–H and O–H groups in total. The molecule has 41 heavy (non-hydrogen) atoms. The number of hydrogen-bond acceptors (Lipinski definition) is 4. The van der Waals surface area contributed by atoms with Crippen molar-refractivity contribution in [2.45, 2.75) is 44.3 Å². The molecule has 2 aliphatic heterocycles. The summed E-state index contributed by atoms with van der Waals surface area (Å²) in [6, 6.07) is 11.2. The van der Waals surface area contributed by atoms with E-state index in [2.05, 4.69) is 15.2 Å². The highest BCUT2D eigenvalue weighted by Gasteiger charge is 2.42. The quantitative estimate of drug-likeness (QED) is 0.406. The molecule has 2 aromatic carbocycles. The van der Waals surface area contributed by atoms with Crippen molar-refractivity contribution in [1.82, 2.24) is 15.2 Å². The van der Waals surface area contributed by atoms with Gasteiger partial charge in [0.25, 0.3) is 11.8 Å². The molecular formula is C31H30F4N4O2. The van der Waals surface area contributed by atoms with Crippen LogP contribution in [0.2, 0.25) is 0 Å². The number of rotatable bonds is 4. The first-order valence-corrected chi connectivity index (χ1v) is 13.9. The van der Waals surface area contributed by atoms with Gasteiger partial charge in [-0.15, -0.1) is 0 Å². The number of carbonyl (C=O) groups excluding carboxylic acids is 2. The van der Waals surface area contributed by atoms with Crippen LogP contribution in [0.4, 0.5) is 23.2 Å². The molecule has 6 rings (SSSR count). The number of anilines is 1. The number of aromatic nitrogens is 1. The molecule has 214 valence electrons. The van der Waals surface area contributed by atoms with Gasteiger partial charge in [-0.1, -0.05) is 12.1 Å². The van der Waals surface area contributed by atoms with Gasteiger partial charge in [-0.05, 0) is 85.0 Å². The van der Waals surface area contributed by atoms with Crippen molar-refractivity contribution in [3.63, 3.8) is 0 Å². The van der Waals surface area contributed by atoms with Gasteiger partial charge in [0.15, 0.2) is 0 Å². The molecule has 1 atom stereocenters. The van der Waals surface area contributed by atoms with E-state index in [9.17, 15) is 27.2 Å². The summed E-state index contributed by atoms with van der Waals surface area (Å²) in [6.07, 6.45) is 2.68. The fraction of sp³-hybridized carbons (Fsp3) is 0.387. The zero-order chi connectivity index (χ0) is 28.8. The minimum absolute atomic E-state index is 0.0999. The van der Waals surface area contributed by atoms with Crippen LogP contribution < -0.4 is 10.2 Å². The summed E-state index contributed by atoms with van der Waals surface area (Å²) < 4.78 is 54.8. The van der Waals surface area contributed by atoms with Gasteiger partial charge in [-0.2, -0.15) is 13.2 Å². The van der Waals surface area contributed by atoms with Crippen LogP contribution >= 0.6 is 0 Å². The molecule has 1 aromatic heterocycles. The van der Waals surface area contributed by atoms with E-state index < -0.39 is 35.1 Å². The molecule has 1 spiro atoms. The molecule has 0 bridgehead atoms. The Balaban J connectivity index is 1.13. The summed E-state index contributed by atoms with van der Waals surface area (Å²) in [5, 5.41) is 2.59. The van der Waals surface area contributed by atoms with E-state index in [0.29, 0.717) is 43.1 Å². The Morgan fingerprint density at radius 2 is 1.71 bits per heavy atom. The number of halogens is 4. The Hall–Kier alpha value is -3.95. The molecule has 0 saturated carbocycles. The van der Waals surface area contributed by atoms with E-state index in [4.69, 9.17) is 0 Å². The highest BCUT2D eigenvalue weighted by Crippen LogP contribution is 2.42. The minimum Gasteiger partial charge on any atom is -0.371 e. The van der Waals surface area contributed by atoms with Crippen molar-refractivity contribution in [1.29, 1.82) is 0 Å². The Bertz CT molecular complexity index is 1470. The minimum atomic E-state index is -4.87. The van der Waals surface area contributed by atoms with Crippen LogP contribution in [0.3, 0.4) is 0 Å². The number of piperidine rings is 1. The van der Waals surface area contributed by atoms with Crippen LogP contribution in [-0.2, 0) is 12.6 Å². The number of amides is 2. The Morgan fingerprint density at radius 1 is 0.976 bits per heavy atom. The molecule has 1 unspecified atom stereocenters. The number of nitrogens with zero attached hydrogens (tertiary/aromatic N) is 3. The summed E-state index contributed by atoms with van der Waals surface area (Å²) in [4.78, 5) is 34.7. The van der Waals surface area contributed by atoms with Crippen molar-refractivity contribution in [3.8, 4) is 0 Å². The first-order valence-electron chi connectivity index (χ1n) is 13.9. The fourth-order valence-electron chi connectivity index (χ4n) is 6.59. The molecule has 0 radical (unpaired) electrons. The van der Waals surface area contributed by atoms with Crippen LogP contribution in [0.5, 0.6) is 0 Å². The molecule has 2 fully saturated rings. The van der Waals surface area contributed by atoms with Crippen LogP contribution in [0.15, 0.2) is 60.9 Å². The number of hydrogen-bond donors (Lipinski definition) is 1. The lowest BCUT2D eigenvalue weighted by Crippen LogP contribution is -2.44. The normalized spacial score (nSPS) is 19.9. The Labute approximate surface area is 235 Å². The predicted molar refractivity (Wildman–Crippen MR) is 145 cm³/mol. The van der Waals surface area contributed by atoms with E-state index in [1.54, 1.807) is 24.5 Å². The summed E-state index contributed by atoms with van der Waals surface area (Å²) in [7, 11) is 0. The van der Waals surface area contributed by atoms with Crippen molar-refractivity contribution in [3.05, 3.63) is 94.6 Å². The second kappa shape index (κ2) is 10.5. The van der Waals surface area contributed by atoms with E-state index in [0.717, 1.165) is 50.0 Å². The molecule has 3 aromatic rings. The maximum Gasteiger partial charge on any atom is 0.417 e. The molecule has 3 aliphatic rings. The average Bonchev–Trinajstić information content (AvgIpc) is 3.57. The van der Waals surface area contributed by atoms with Gasteiger partial charge in [0, 0.05) is 49.8 Å². The van der Waals surface area contributed by atoms with Crippen LogP contribution in [0, 0.1) is 11.2 Å². The number of aryl methyl sites for hydroxylation is 1. The zero-order valence-electron chi connectivity index (χ0n) is 22.4. The van der Waals surface area contributed by atoms with E-state index in [1.807, 2.05) is 23.1 Å². The molecule has 1 aliphatic carbocycles. The number of likely N-dealkylation sites (tertiary alicyclic amines) is 1. The average molecular weight is 567 g/mol. The van der Waals surface area contributed by atoms with E-state index in [1.165, 1.54) is 5.69 Å². The third kappa shape index (κ3) is 5.27. The van der Waals surface area contributed by atoms with Crippen molar-refractivity contribution in [2.24, 2.45) is 5.41 Å². The van der Waals surface area contributed by atoms with E-state index in [-0.39, 0.29) is 11.3 Å². The molecule has 2 saturated heterocycles. The largest absolute Gasteiger partial charge is 0.417 e. The molecular weight excluding hydrogens is 536 g/mol. The van der Waals surface area contributed by atoms with Gasteiger partial charge in [0.2, 0.25) is 0 Å². The SMILES string of the molecule is O=C(NC1CCc2ccc(C(=O)N3CCC4(CC3)CCN(c3ccncc3)C4)cc21)c1c(F)cccc1C(F)(F)F. The first kappa shape index (κ1) is 27.2. The topological polar surface area (TPSA) is 65.5 Å². The summed E-state index contributed by atoms with van der Waals surface area (Å²) in [5.74, 6) is -2.45. The smallest absolute Gasteiger partial charge is 0.371 e. The van der Waals surface area contributed by atoms with Gasteiger partial charge in [0.05, 0.1) is 17.2 Å². The maximum absolute atomic E-state index is 14.4. The van der Waals surface area contributed by atoms with Gasteiger partial charge in [-0.25, -0.2) is 4.39 Å². The van der Waals surface area contributed by atoms with Gasteiger partial charge < -0.3 is 15.1 Å². The third-order valence-electron chi connectivity index (χ3n) is 8.90. The second-order valence-electron chi connectivity index (χ2n) is 11.3. The number of nitrogens with one attached hydrogen (secondary N) is 1. The highest BCUT2D eigenvalue weighted by atomic mass is 19.4. The number of fused-ring (bicyclic) bond motifs is 1. The molecule has 3 heterocycles. The number of carbonyl (C=O) groups is 2. The van der Waals surface area contributed by atoms with Crippen molar-refractivity contribution >= 4 is 17.5 Å². The lowest BCUT2D eigenvalue weighted by molar-refractivity contribution is -0.138. The molecule has 10 heteroatoms. The second-order valence-corrected chi connectivity index (χ2v) is 11.3. The van der Waals surface area contributed by atoms with Crippen molar-refractivity contribution in [2.75, 3.05) is 31.1 Å². The molecule has 6 nitrogen and oxygen atoms in total. The number of pyridine rings is 1. The van der Waals surface area contributed by atoms with Gasteiger partial charge in [-0.3, -0.25) is 14.6 Å². The van der Waals surface area contributed by atoms with Crippen LogP contribution in [-0.4, -0.2) is 47.9 Å². The van der Waals surface area contributed by atoms with Crippen molar-refractivity contribution < 1.29 is 27.2 Å². The summed E-state index contributed by atoms with van der Waals surface area (Å²) >= 11 is 0. The zero-order valence-corrected chi connectivity index (χ0v) is 22.4. The highest BCUT2D eigenvalue weighted by molar-refractivity contribution is 5.97. The molecule has 2 amide bonds. The Kier molecular flexibility index (Phi) is 6.95. The van der Waals surface area contributed by atoms with E-state index >= 15 is 0 Å². The first-order chi connectivity index (χ1) is 19.6. The fourth-order valence-corrected chi connectivity index (χ4v) is 6.59. The standard InChI is InChI=1S/C31H30F4N4O2/c32-25-3-1-2-24(31(33,34)35)27(25)28(40)37-26-7-6-20-4-5-21(18-23(20)26)29(41)38-15-10-30(11-16-38)12-17-39(19-30)22-8-13-36-14-9-22/h1-5,8-9,13-14,18,26H,6-7,10-12,15-17,19H2,(H,37,40). The Morgan fingerprint density at radius 3 is 2.44 bits per heavy atom. The lowest BCUT2D eigenvalue weighted by atomic mass is 9.77. The lowest BCUT2D eigenvalue weighted by Gasteiger charge is -2.39. The summed E-state index contributed by atoms with van der Waals surface area (Å²) in [5.41, 5.74) is 1.09. The monoisotopic (exact) mass is 566 g/mol. The van der Waals surface area contributed by atoms with Gasteiger partial charge in [0.1, 0.15) is 5.82 Å². The van der Waals surface area contributed by atoms with Crippen LogP contribution in [0.25, 0.3) is 0 Å². The van der Waals surface area contributed by atoms with Gasteiger partial charge >= 0.3 is 6.18 Å². The third-order valence-corrected chi connectivity index (χ3v) is 8.90. The summed E-state index contributed by atoms with van der Waals surface area (Å²) in [6.45, 7) is 3.23. The number of benzene rings is 2.